The van der Waals surface area contributed by atoms with Crippen LogP contribution in [-0.2, 0) is 9.31 Å². The highest BCUT2D eigenvalue weighted by Crippen LogP contribution is 2.37. The number of carbonyl (C=O) groups is 1. The monoisotopic (exact) mass is 377 g/mol. The summed E-state index contributed by atoms with van der Waals surface area (Å²) in [6.07, 6.45) is -4.61. The van der Waals surface area contributed by atoms with Crippen LogP contribution < -0.4 is 15.5 Å². The molecule has 0 unspecified atom stereocenters. The lowest BCUT2D eigenvalue weighted by Crippen LogP contribution is -2.41. The largest absolute Gasteiger partial charge is 0.496 e. The number of benzene rings is 1. The maximum Gasteiger partial charge on any atom is 0.495 e. The summed E-state index contributed by atoms with van der Waals surface area (Å²) in [5, 5.41) is 1.62. The van der Waals surface area contributed by atoms with Gasteiger partial charge in [0, 0.05) is 0 Å². The lowest BCUT2D eigenvalue weighted by Gasteiger charge is -2.32. The number of carbonyl (C=O) groups excluding carboxylic acids is 1. The van der Waals surface area contributed by atoms with E-state index in [1.807, 2.05) is 27.7 Å². The van der Waals surface area contributed by atoms with E-state index in [2.05, 4.69) is 0 Å². The first-order valence-corrected chi connectivity index (χ1v) is 7.85. The number of hydrogen-bond acceptors (Lipinski definition) is 4. The number of amides is 1. The molecule has 0 saturated carbocycles. The predicted octanol–water partition coefficient (Wildman–Crippen LogP) is 2.43. The Balaban J connectivity index is 2.32. The van der Waals surface area contributed by atoms with Crippen LogP contribution in [-0.4, -0.2) is 44.1 Å². The lowest BCUT2D eigenvalue weighted by molar-refractivity contribution is -0.123. The van der Waals surface area contributed by atoms with Crippen molar-refractivity contribution in [2.24, 2.45) is 0 Å². The van der Waals surface area contributed by atoms with Crippen molar-refractivity contribution >= 4 is 18.5 Å². The van der Waals surface area contributed by atoms with Gasteiger partial charge in [-0.05, 0) is 45.3 Å². The van der Waals surface area contributed by atoms with E-state index in [1.54, 1.807) is 5.32 Å². The van der Waals surface area contributed by atoms with Crippen LogP contribution in [0.1, 0.15) is 38.1 Å². The molecule has 0 radical (unpaired) electrons. The van der Waals surface area contributed by atoms with Gasteiger partial charge in [-0.3, -0.25) is 4.79 Å². The number of nitrogens with one attached hydrogen (secondary N) is 1. The molecule has 1 aliphatic rings. The molecular formula is C16H20BF4NO4. The Bertz CT molecular complexity index is 690. The molecule has 0 spiro atoms. The van der Waals surface area contributed by atoms with E-state index in [4.69, 9.17) is 14.0 Å². The molecule has 144 valence electrons. The van der Waals surface area contributed by atoms with Crippen molar-refractivity contribution in [3.63, 3.8) is 0 Å². The summed E-state index contributed by atoms with van der Waals surface area (Å²) in [7, 11) is 0.277. The number of halogens is 4. The second-order valence-electron chi connectivity index (χ2n) is 6.97. The molecule has 1 aromatic carbocycles. The topological polar surface area (TPSA) is 56.8 Å². The Hall–Kier alpha value is -1.81. The number of rotatable bonds is 4. The zero-order chi connectivity index (χ0) is 19.9. The van der Waals surface area contributed by atoms with E-state index in [0.29, 0.717) is 0 Å². The molecule has 1 amide bonds. The molecule has 1 saturated heterocycles. The molecule has 10 heteroatoms. The molecule has 0 atom stereocenters. The summed E-state index contributed by atoms with van der Waals surface area (Å²) >= 11 is 0. The van der Waals surface area contributed by atoms with Gasteiger partial charge in [-0.25, -0.2) is 4.39 Å². The van der Waals surface area contributed by atoms with Gasteiger partial charge in [-0.2, -0.15) is 13.2 Å². The summed E-state index contributed by atoms with van der Waals surface area (Å²) in [4.78, 5) is 11.9. The van der Waals surface area contributed by atoms with Crippen LogP contribution in [0.25, 0.3) is 0 Å². The standard InChI is InChI=1S/C16H20BF4NO4/c1-14(2)15(3,4)26-17(25-14)9-6-10(18)12(11(7-9)24-5)13(23)22-8-16(19,20)21/h6-7H,8H2,1-5H3,(H,22,23). The zero-order valence-electron chi connectivity index (χ0n) is 15.1. The first-order chi connectivity index (χ1) is 11.8. The van der Waals surface area contributed by atoms with Crippen molar-refractivity contribution < 1.29 is 36.4 Å². The number of methoxy groups -OCH3 is 1. The molecule has 1 heterocycles. The molecule has 0 aromatic heterocycles. The molecule has 0 bridgehead atoms. The van der Waals surface area contributed by atoms with Gasteiger partial charge in [-0.1, -0.05) is 0 Å². The van der Waals surface area contributed by atoms with Crippen LogP contribution in [0.2, 0.25) is 0 Å². The highest BCUT2D eigenvalue weighted by Gasteiger charge is 2.52. The van der Waals surface area contributed by atoms with Crippen LogP contribution in [0.4, 0.5) is 17.6 Å². The van der Waals surface area contributed by atoms with Crippen LogP contribution in [0.5, 0.6) is 5.75 Å². The maximum atomic E-state index is 14.5. The first-order valence-electron chi connectivity index (χ1n) is 7.85. The van der Waals surface area contributed by atoms with Gasteiger partial charge in [0.15, 0.2) is 0 Å². The number of ether oxygens (including phenoxy) is 1. The van der Waals surface area contributed by atoms with E-state index in [-0.39, 0.29) is 11.2 Å². The van der Waals surface area contributed by atoms with Crippen molar-refractivity contribution in [2.45, 2.75) is 45.1 Å². The average Bonchev–Trinajstić information content (AvgIpc) is 2.71. The highest BCUT2D eigenvalue weighted by molar-refractivity contribution is 6.62. The van der Waals surface area contributed by atoms with Gasteiger partial charge >= 0.3 is 13.3 Å². The normalized spacial score (nSPS) is 18.7. The quantitative estimate of drug-likeness (QED) is 0.647. The second-order valence-corrected chi connectivity index (χ2v) is 6.97. The Kier molecular flexibility index (Phi) is 5.31. The molecule has 0 aliphatic carbocycles. The van der Waals surface area contributed by atoms with Crippen LogP contribution >= 0.6 is 0 Å². The lowest BCUT2D eigenvalue weighted by atomic mass is 9.78. The van der Waals surface area contributed by atoms with E-state index >= 15 is 0 Å². The Morgan fingerprint density at radius 3 is 2.19 bits per heavy atom. The molecule has 26 heavy (non-hydrogen) atoms. The van der Waals surface area contributed by atoms with E-state index in [9.17, 15) is 22.4 Å². The summed E-state index contributed by atoms with van der Waals surface area (Å²) in [5.41, 5.74) is -1.68. The van der Waals surface area contributed by atoms with Gasteiger partial charge in [0.25, 0.3) is 5.91 Å². The Labute approximate surface area is 149 Å². The van der Waals surface area contributed by atoms with Crippen LogP contribution in [0.3, 0.4) is 0 Å². The summed E-state index contributed by atoms with van der Waals surface area (Å²) in [6, 6.07) is 2.31. The van der Waals surface area contributed by atoms with E-state index < -0.39 is 48.3 Å². The molecule has 2 rings (SSSR count). The SMILES string of the molecule is COc1cc(B2OC(C)(C)C(C)(C)O2)cc(F)c1C(=O)NCC(F)(F)F. The van der Waals surface area contributed by atoms with Gasteiger partial charge < -0.3 is 19.4 Å². The molecular weight excluding hydrogens is 357 g/mol. The first kappa shape index (κ1) is 20.5. The van der Waals surface area contributed by atoms with E-state index in [1.165, 1.54) is 13.2 Å². The summed E-state index contributed by atoms with van der Waals surface area (Å²) in [5.74, 6) is -2.47. The van der Waals surface area contributed by atoms with Crippen molar-refractivity contribution in [3.8, 4) is 5.75 Å². The van der Waals surface area contributed by atoms with Gasteiger partial charge in [0.2, 0.25) is 0 Å². The second kappa shape index (κ2) is 6.73. The highest BCUT2D eigenvalue weighted by atomic mass is 19.4. The smallest absolute Gasteiger partial charge is 0.495 e. The number of alkyl halides is 3. The van der Waals surface area contributed by atoms with Gasteiger partial charge in [-0.15, -0.1) is 0 Å². The van der Waals surface area contributed by atoms with Gasteiger partial charge in [0.05, 0.1) is 18.3 Å². The molecule has 1 aromatic rings. The van der Waals surface area contributed by atoms with Crippen molar-refractivity contribution in [1.29, 1.82) is 0 Å². The van der Waals surface area contributed by atoms with Crippen LogP contribution in [0, 0.1) is 5.82 Å². The Morgan fingerprint density at radius 1 is 1.19 bits per heavy atom. The summed E-state index contributed by atoms with van der Waals surface area (Å²) < 4.78 is 67.8. The minimum atomic E-state index is -4.61. The minimum Gasteiger partial charge on any atom is -0.496 e. The molecule has 5 nitrogen and oxygen atoms in total. The van der Waals surface area contributed by atoms with E-state index in [0.717, 1.165) is 6.07 Å². The third-order valence-electron chi connectivity index (χ3n) is 4.50. The minimum absolute atomic E-state index is 0.214. The predicted molar refractivity (Wildman–Crippen MR) is 87.1 cm³/mol. The van der Waals surface area contributed by atoms with Crippen LogP contribution in [0.15, 0.2) is 12.1 Å². The van der Waals surface area contributed by atoms with Gasteiger partial charge in [0.1, 0.15) is 23.7 Å². The maximum absolute atomic E-state index is 14.5. The molecule has 1 aliphatic heterocycles. The molecule has 1 fully saturated rings. The summed E-state index contributed by atoms with van der Waals surface area (Å²) in [6.45, 7) is 5.70. The fraction of sp³-hybridized carbons (Fsp3) is 0.562. The third kappa shape index (κ3) is 4.12. The third-order valence-corrected chi connectivity index (χ3v) is 4.50. The number of hydrogen-bond donors (Lipinski definition) is 1. The fourth-order valence-electron chi connectivity index (χ4n) is 2.37. The zero-order valence-corrected chi connectivity index (χ0v) is 15.1. The van der Waals surface area contributed by atoms with Crippen molar-refractivity contribution in [1.82, 2.24) is 5.32 Å². The van der Waals surface area contributed by atoms with Crippen molar-refractivity contribution in [2.75, 3.05) is 13.7 Å². The average molecular weight is 377 g/mol. The van der Waals surface area contributed by atoms with Crippen molar-refractivity contribution in [3.05, 3.63) is 23.5 Å². The Morgan fingerprint density at radius 2 is 1.73 bits per heavy atom. The molecule has 1 N–H and O–H groups in total. The fourth-order valence-corrected chi connectivity index (χ4v) is 2.37.